The molecule has 0 aliphatic heterocycles. The second-order valence-corrected chi connectivity index (χ2v) is 5.34. The highest BCUT2D eigenvalue weighted by molar-refractivity contribution is 7.90. The standard InChI is InChI=1S/C7H7Cl2NO3S/c1-14(12,13)6-4(3-11)2-10-7(9)5(6)8/h2,11H,3H2,1H3. The minimum atomic E-state index is -3.52. The molecule has 0 saturated heterocycles. The van der Waals surface area contributed by atoms with Crippen LogP contribution in [0.4, 0.5) is 0 Å². The molecule has 4 nitrogen and oxygen atoms in total. The summed E-state index contributed by atoms with van der Waals surface area (Å²) < 4.78 is 22.6. The van der Waals surface area contributed by atoms with Crippen molar-refractivity contribution in [1.82, 2.24) is 4.98 Å². The number of aromatic nitrogens is 1. The maximum atomic E-state index is 11.3. The van der Waals surface area contributed by atoms with Gasteiger partial charge in [0.1, 0.15) is 5.15 Å². The minimum absolute atomic E-state index is 0.0932. The van der Waals surface area contributed by atoms with Crippen molar-refractivity contribution in [3.63, 3.8) is 0 Å². The van der Waals surface area contributed by atoms with E-state index in [2.05, 4.69) is 4.98 Å². The van der Waals surface area contributed by atoms with E-state index < -0.39 is 16.4 Å². The van der Waals surface area contributed by atoms with E-state index in [1.165, 1.54) is 6.20 Å². The number of aliphatic hydroxyl groups excluding tert-OH is 1. The highest BCUT2D eigenvalue weighted by Crippen LogP contribution is 2.30. The van der Waals surface area contributed by atoms with Gasteiger partial charge in [0.2, 0.25) is 0 Å². The van der Waals surface area contributed by atoms with Crippen LogP contribution in [0.25, 0.3) is 0 Å². The van der Waals surface area contributed by atoms with E-state index in [4.69, 9.17) is 28.3 Å². The van der Waals surface area contributed by atoms with Crippen molar-refractivity contribution in [2.75, 3.05) is 6.26 Å². The topological polar surface area (TPSA) is 67.3 Å². The van der Waals surface area contributed by atoms with Crippen molar-refractivity contribution in [2.24, 2.45) is 0 Å². The fourth-order valence-electron chi connectivity index (χ4n) is 0.998. The summed E-state index contributed by atoms with van der Waals surface area (Å²) in [5.74, 6) is 0. The third-order valence-electron chi connectivity index (χ3n) is 1.55. The van der Waals surface area contributed by atoms with Crippen molar-refractivity contribution < 1.29 is 13.5 Å². The van der Waals surface area contributed by atoms with E-state index in [1.54, 1.807) is 0 Å². The lowest BCUT2D eigenvalue weighted by Crippen LogP contribution is -2.05. The molecule has 0 saturated carbocycles. The summed E-state index contributed by atoms with van der Waals surface area (Å²) in [6.07, 6.45) is 2.17. The van der Waals surface area contributed by atoms with Crippen LogP contribution in [0.1, 0.15) is 5.56 Å². The number of nitrogens with zero attached hydrogens (tertiary/aromatic N) is 1. The first-order valence-electron chi connectivity index (χ1n) is 3.51. The maximum Gasteiger partial charge on any atom is 0.177 e. The molecule has 0 bridgehead atoms. The second-order valence-electron chi connectivity index (χ2n) is 2.65. The quantitative estimate of drug-likeness (QED) is 0.809. The Kier molecular flexibility index (Phi) is 3.36. The average Bonchev–Trinajstić information content (AvgIpc) is 2.07. The van der Waals surface area contributed by atoms with Crippen LogP contribution < -0.4 is 0 Å². The number of pyridine rings is 1. The number of hydrogen-bond acceptors (Lipinski definition) is 4. The van der Waals surface area contributed by atoms with E-state index in [1.807, 2.05) is 0 Å². The Bertz CT molecular complexity index is 458. The van der Waals surface area contributed by atoms with Gasteiger partial charge in [-0.05, 0) is 0 Å². The second kappa shape index (κ2) is 4.02. The van der Waals surface area contributed by atoms with Crippen molar-refractivity contribution >= 4 is 33.0 Å². The molecule has 0 aliphatic rings. The van der Waals surface area contributed by atoms with Crippen LogP contribution in [-0.2, 0) is 16.4 Å². The molecule has 0 atom stereocenters. The summed E-state index contributed by atoms with van der Waals surface area (Å²) in [5, 5.41) is 8.65. The zero-order valence-corrected chi connectivity index (χ0v) is 9.49. The Balaban J connectivity index is 3.60. The Labute approximate surface area is 91.4 Å². The van der Waals surface area contributed by atoms with Gasteiger partial charge in [-0.15, -0.1) is 0 Å². The van der Waals surface area contributed by atoms with Crippen molar-refractivity contribution in [1.29, 1.82) is 0 Å². The monoisotopic (exact) mass is 255 g/mol. The van der Waals surface area contributed by atoms with Gasteiger partial charge in [-0.3, -0.25) is 0 Å². The fraction of sp³-hybridized carbons (Fsp3) is 0.286. The largest absolute Gasteiger partial charge is 0.392 e. The van der Waals surface area contributed by atoms with Crippen molar-refractivity contribution in [3.05, 3.63) is 21.9 Å². The first-order valence-corrected chi connectivity index (χ1v) is 6.16. The van der Waals surface area contributed by atoms with Gasteiger partial charge in [0.05, 0.1) is 16.5 Å². The highest BCUT2D eigenvalue weighted by Gasteiger charge is 2.20. The Morgan fingerprint density at radius 3 is 2.50 bits per heavy atom. The number of hydrogen-bond donors (Lipinski definition) is 1. The zero-order chi connectivity index (χ0) is 10.9. The molecule has 1 N–H and O–H groups in total. The summed E-state index contributed by atoms with van der Waals surface area (Å²) >= 11 is 11.2. The van der Waals surface area contributed by atoms with Gasteiger partial charge in [-0.1, -0.05) is 23.2 Å². The van der Waals surface area contributed by atoms with Gasteiger partial charge >= 0.3 is 0 Å². The van der Waals surface area contributed by atoms with Crippen LogP contribution >= 0.6 is 23.2 Å². The summed E-state index contributed by atoms with van der Waals surface area (Å²) in [7, 11) is -3.52. The third kappa shape index (κ3) is 2.17. The van der Waals surface area contributed by atoms with E-state index in [-0.39, 0.29) is 20.6 Å². The lowest BCUT2D eigenvalue weighted by molar-refractivity contribution is 0.278. The zero-order valence-electron chi connectivity index (χ0n) is 7.16. The molecule has 0 amide bonds. The highest BCUT2D eigenvalue weighted by atomic mass is 35.5. The van der Waals surface area contributed by atoms with E-state index in [0.717, 1.165) is 6.26 Å². The first-order chi connectivity index (χ1) is 6.38. The predicted molar refractivity (Wildman–Crippen MR) is 53.3 cm³/mol. The van der Waals surface area contributed by atoms with Crippen LogP contribution in [0.15, 0.2) is 11.1 Å². The summed E-state index contributed by atoms with van der Waals surface area (Å²) in [6.45, 7) is -0.452. The predicted octanol–water partition coefficient (Wildman–Crippen LogP) is 1.28. The normalized spacial score (nSPS) is 11.7. The molecular weight excluding hydrogens is 249 g/mol. The average molecular weight is 256 g/mol. The van der Waals surface area contributed by atoms with E-state index in [0.29, 0.717) is 0 Å². The van der Waals surface area contributed by atoms with Crippen LogP contribution in [0.2, 0.25) is 10.2 Å². The molecule has 0 fully saturated rings. The maximum absolute atomic E-state index is 11.3. The number of aliphatic hydroxyl groups is 1. The van der Waals surface area contributed by atoms with Gasteiger partial charge in [-0.2, -0.15) is 0 Å². The Morgan fingerprint density at radius 1 is 1.50 bits per heavy atom. The smallest absolute Gasteiger partial charge is 0.177 e. The number of sulfone groups is 1. The molecule has 14 heavy (non-hydrogen) atoms. The molecule has 1 aromatic heterocycles. The number of rotatable bonds is 2. The molecule has 1 aromatic rings. The van der Waals surface area contributed by atoms with Crippen molar-refractivity contribution in [3.8, 4) is 0 Å². The summed E-state index contributed by atoms with van der Waals surface area (Å²) in [4.78, 5) is 3.47. The molecule has 7 heteroatoms. The number of halogens is 2. The molecule has 0 spiro atoms. The molecule has 1 rings (SSSR count). The van der Waals surface area contributed by atoms with Crippen LogP contribution in [0.5, 0.6) is 0 Å². The van der Waals surface area contributed by atoms with Gasteiger partial charge < -0.3 is 5.11 Å². The fourth-order valence-corrected chi connectivity index (χ4v) is 2.80. The third-order valence-corrected chi connectivity index (χ3v) is 3.62. The SMILES string of the molecule is CS(=O)(=O)c1c(CO)cnc(Cl)c1Cl. The molecule has 1 heterocycles. The molecule has 0 aromatic carbocycles. The first kappa shape index (κ1) is 11.7. The molecule has 0 unspecified atom stereocenters. The van der Waals surface area contributed by atoms with E-state index >= 15 is 0 Å². The lowest BCUT2D eigenvalue weighted by Gasteiger charge is -2.07. The van der Waals surface area contributed by atoms with Gasteiger partial charge in [0, 0.05) is 18.0 Å². The van der Waals surface area contributed by atoms with Gasteiger partial charge in [0.15, 0.2) is 9.84 Å². The van der Waals surface area contributed by atoms with Crippen LogP contribution in [0, 0.1) is 0 Å². The van der Waals surface area contributed by atoms with Crippen molar-refractivity contribution in [2.45, 2.75) is 11.5 Å². The van der Waals surface area contributed by atoms with E-state index in [9.17, 15) is 8.42 Å². The van der Waals surface area contributed by atoms with Gasteiger partial charge in [0.25, 0.3) is 0 Å². The molecule has 78 valence electrons. The van der Waals surface area contributed by atoms with Crippen LogP contribution in [-0.4, -0.2) is 24.8 Å². The molecular formula is C7H7Cl2NO3S. The Hall–Kier alpha value is -0.360. The van der Waals surface area contributed by atoms with Gasteiger partial charge in [-0.25, -0.2) is 13.4 Å². The van der Waals surface area contributed by atoms with Crippen LogP contribution in [0.3, 0.4) is 0 Å². The summed E-state index contributed by atoms with van der Waals surface area (Å²) in [5.41, 5.74) is 0.141. The molecule has 0 aliphatic carbocycles. The molecule has 0 radical (unpaired) electrons. The minimum Gasteiger partial charge on any atom is -0.392 e. The Morgan fingerprint density at radius 2 is 2.07 bits per heavy atom. The summed E-state index contributed by atoms with van der Waals surface area (Å²) in [6, 6.07) is 0. The lowest BCUT2D eigenvalue weighted by atomic mass is 10.3.